The van der Waals surface area contributed by atoms with Crippen molar-refractivity contribution in [2.75, 3.05) is 20.3 Å². The smallest absolute Gasteiger partial charge is 0.306 e. The van der Waals surface area contributed by atoms with E-state index in [0.717, 1.165) is 46.7 Å². The van der Waals surface area contributed by atoms with Gasteiger partial charge in [-0.1, -0.05) is 24.3 Å². The summed E-state index contributed by atoms with van der Waals surface area (Å²) in [5.41, 5.74) is 4.13. The molecule has 0 fully saturated rings. The van der Waals surface area contributed by atoms with Gasteiger partial charge in [-0.3, -0.25) is 4.79 Å². The molecule has 0 aliphatic heterocycles. The van der Waals surface area contributed by atoms with E-state index < -0.39 is 0 Å². The minimum Gasteiger partial charge on any atom is -0.493 e. The van der Waals surface area contributed by atoms with Crippen molar-refractivity contribution in [3.8, 4) is 23.0 Å². The highest BCUT2D eigenvalue weighted by atomic mass is 16.5. The van der Waals surface area contributed by atoms with Gasteiger partial charge in [-0.25, -0.2) is 4.98 Å². The van der Waals surface area contributed by atoms with E-state index in [-0.39, 0.29) is 11.9 Å². The molecule has 0 amide bonds. The van der Waals surface area contributed by atoms with Crippen LogP contribution in [0.15, 0.2) is 46.9 Å². The molecular formula is C26H29NO5. The molecule has 1 aliphatic carbocycles. The zero-order valence-corrected chi connectivity index (χ0v) is 18.8. The number of esters is 1. The van der Waals surface area contributed by atoms with Gasteiger partial charge in [0.05, 0.1) is 32.4 Å². The molecule has 1 unspecified atom stereocenters. The fourth-order valence-corrected chi connectivity index (χ4v) is 4.33. The Morgan fingerprint density at radius 1 is 1.19 bits per heavy atom. The minimum absolute atomic E-state index is 0.150. The normalized spacial score (nSPS) is 14.8. The maximum Gasteiger partial charge on any atom is 0.306 e. The van der Waals surface area contributed by atoms with Gasteiger partial charge < -0.3 is 18.6 Å². The zero-order valence-electron chi connectivity index (χ0n) is 18.8. The van der Waals surface area contributed by atoms with Crippen LogP contribution < -0.4 is 9.47 Å². The van der Waals surface area contributed by atoms with Crippen LogP contribution in [0.5, 0.6) is 11.5 Å². The molecule has 0 saturated heterocycles. The lowest BCUT2D eigenvalue weighted by Gasteiger charge is -2.16. The van der Waals surface area contributed by atoms with Crippen molar-refractivity contribution in [2.24, 2.45) is 0 Å². The number of carbonyl (C=O) groups is 1. The summed E-state index contributed by atoms with van der Waals surface area (Å²) in [5, 5.41) is 0. The van der Waals surface area contributed by atoms with Gasteiger partial charge in [0.15, 0.2) is 11.5 Å². The third-order valence-electron chi connectivity index (χ3n) is 5.88. The number of hydrogen-bond donors (Lipinski definition) is 0. The van der Waals surface area contributed by atoms with Crippen LogP contribution in [-0.4, -0.2) is 31.3 Å². The van der Waals surface area contributed by atoms with Crippen molar-refractivity contribution < 1.29 is 23.4 Å². The quantitative estimate of drug-likeness (QED) is 0.427. The molecule has 2 aromatic carbocycles. The highest BCUT2D eigenvalue weighted by molar-refractivity contribution is 5.71. The van der Waals surface area contributed by atoms with Crippen molar-refractivity contribution >= 4 is 5.97 Å². The van der Waals surface area contributed by atoms with E-state index in [9.17, 15) is 4.79 Å². The summed E-state index contributed by atoms with van der Waals surface area (Å²) in [7, 11) is 1.66. The van der Waals surface area contributed by atoms with Crippen LogP contribution in [0.4, 0.5) is 0 Å². The zero-order chi connectivity index (χ0) is 22.5. The molecule has 6 heteroatoms. The van der Waals surface area contributed by atoms with Gasteiger partial charge in [0.2, 0.25) is 5.89 Å². The van der Waals surface area contributed by atoms with Gasteiger partial charge in [0, 0.05) is 17.5 Å². The van der Waals surface area contributed by atoms with E-state index in [1.807, 2.05) is 50.2 Å². The highest BCUT2D eigenvalue weighted by Crippen LogP contribution is 2.44. The van der Waals surface area contributed by atoms with Crippen molar-refractivity contribution in [2.45, 2.75) is 45.4 Å². The monoisotopic (exact) mass is 435 g/mol. The largest absolute Gasteiger partial charge is 0.493 e. The lowest BCUT2D eigenvalue weighted by molar-refractivity contribution is -0.143. The number of carbonyl (C=O) groups excluding carboxylic acids is 1. The summed E-state index contributed by atoms with van der Waals surface area (Å²) in [5.74, 6) is 2.92. The fourth-order valence-electron chi connectivity index (χ4n) is 4.33. The number of ether oxygens (including phenoxy) is 3. The van der Waals surface area contributed by atoms with Crippen LogP contribution in [0.1, 0.15) is 48.3 Å². The molecule has 0 radical (unpaired) electrons. The van der Waals surface area contributed by atoms with Gasteiger partial charge >= 0.3 is 5.97 Å². The number of nitrogens with zero attached hydrogens (tertiary/aromatic N) is 1. The van der Waals surface area contributed by atoms with Gasteiger partial charge in [0.25, 0.3) is 0 Å². The standard InChI is InChI=1S/C26H29NO5/c1-4-30-24(28)16-19-10-11-21-20(19)12-13-23(25(21)29-3)31-15-14-22-17(2)32-26(27-22)18-8-6-5-7-9-18/h5-9,12-13,19H,4,10-11,14-16H2,1-3H3. The van der Waals surface area contributed by atoms with Gasteiger partial charge in [-0.2, -0.15) is 0 Å². The summed E-state index contributed by atoms with van der Waals surface area (Å²) < 4.78 is 22.8. The Balaban J connectivity index is 1.42. The lowest BCUT2D eigenvalue weighted by Crippen LogP contribution is -2.09. The minimum atomic E-state index is -0.150. The van der Waals surface area contributed by atoms with Crippen LogP contribution in [-0.2, 0) is 22.4 Å². The second-order valence-corrected chi connectivity index (χ2v) is 7.90. The summed E-state index contributed by atoms with van der Waals surface area (Å²) in [6.07, 6.45) is 2.81. The second kappa shape index (κ2) is 9.90. The SMILES string of the molecule is CCOC(=O)CC1CCc2c1ccc(OCCc1nc(-c3ccccc3)oc1C)c2OC. The Kier molecular flexibility index (Phi) is 6.78. The van der Waals surface area contributed by atoms with E-state index in [1.54, 1.807) is 7.11 Å². The topological polar surface area (TPSA) is 70.8 Å². The van der Waals surface area contributed by atoms with E-state index in [4.69, 9.17) is 18.6 Å². The molecule has 1 aromatic heterocycles. The van der Waals surface area contributed by atoms with Crippen molar-refractivity contribution in [1.29, 1.82) is 0 Å². The maximum absolute atomic E-state index is 11.9. The second-order valence-electron chi connectivity index (χ2n) is 7.90. The van der Waals surface area contributed by atoms with Crippen LogP contribution in [0.25, 0.3) is 11.5 Å². The van der Waals surface area contributed by atoms with Crippen molar-refractivity contribution in [3.63, 3.8) is 0 Å². The molecule has 0 spiro atoms. The number of hydrogen-bond acceptors (Lipinski definition) is 6. The summed E-state index contributed by atoms with van der Waals surface area (Å²) in [6, 6.07) is 13.9. The number of oxazole rings is 1. The third kappa shape index (κ3) is 4.64. The first-order valence-electron chi connectivity index (χ1n) is 11.1. The average Bonchev–Trinajstić information content (AvgIpc) is 3.38. The van der Waals surface area contributed by atoms with Gasteiger partial charge in [-0.05, 0) is 56.4 Å². The Bertz CT molecular complexity index is 1070. The Morgan fingerprint density at radius 2 is 2.00 bits per heavy atom. The number of aromatic nitrogens is 1. The summed E-state index contributed by atoms with van der Waals surface area (Å²) in [6.45, 7) is 4.62. The van der Waals surface area contributed by atoms with Gasteiger partial charge in [-0.15, -0.1) is 0 Å². The molecular weight excluding hydrogens is 406 g/mol. The molecule has 1 aliphatic rings. The molecule has 0 bridgehead atoms. The van der Waals surface area contributed by atoms with Crippen LogP contribution in [0.2, 0.25) is 0 Å². The Hall–Kier alpha value is -3.28. The molecule has 0 N–H and O–H groups in total. The lowest BCUT2D eigenvalue weighted by atomic mass is 9.97. The predicted octanol–water partition coefficient (Wildman–Crippen LogP) is 5.26. The predicted molar refractivity (Wildman–Crippen MR) is 121 cm³/mol. The molecule has 168 valence electrons. The maximum atomic E-state index is 11.9. The van der Waals surface area contributed by atoms with E-state index in [2.05, 4.69) is 11.1 Å². The summed E-state index contributed by atoms with van der Waals surface area (Å²) in [4.78, 5) is 16.6. The third-order valence-corrected chi connectivity index (χ3v) is 5.88. The first-order valence-corrected chi connectivity index (χ1v) is 11.1. The van der Waals surface area contributed by atoms with Crippen molar-refractivity contribution in [1.82, 2.24) is 4.98 Å². The highest BCUT2D eigenvalue weighted by Gasteiger charge is 2.29. The average molecular weight is 436 g/mol. The van der Waals surface area contributed by atoms with E-state index in [0.29, 0.717) is 37.7 Å². The number of rotatable bonds is 9. The van der Waals surface area contributed by atoms with Crippen LogP contribution in [0, 0.1) is 6.92 Å². The Morgan fingerprint density at radius 3 is 2.75 bits per heavy atom. The molecule has 0 saturated carbocycles. The first-order chi connectivity index (χ1) is 15.6. The molecule has 1 atom stereocenters. The fraction of sp³-hybridized carbons (Fsp3) is 0.385. The first kappa shape index (κ1) is 21.9. The number of aryl methyl sites for hydroxylation is 1. The van der Waals surface area contributed by atoms with E-state index >= 15 is 0 Å². The summed E-state index contributed by atoms with van der Waals surface area (Å²) >= 11 is 0. The van der Waals surface area contributed by atoms with E-state index in [1.165, 1.54) is 0 Å². The number of methoxy groups -OCH3 is 1. The number of fused-ring (bicyclic) bond motifs is 1. The molecule has 32 heavy (non-hydrogen) atoms. The molecule has 3 aromatic rings. The van der Waals surface area contributed by atoms with Crippen molar-refractivity contribution in [3.05, 3.63) is 65.0 Å². The number of benzene rings is 2. The van der Waals surface area contributed by atoms with Crippen LogP contribution >= 0.6 is 0 Å². The molecule has 4 rings (SSSR count). The molecule has 6 nitrogen and oxygen atoms in total. The Labute approximate surface area is 188 Å². The molecule has 1 heterocycles. The van der Waals surface area contributed by atoms with Gasteiger partial charge in [0.1, 0.15) is 5.76 Å². The van der Waals surface area contributed by atoms with Crippen LogP contribution in [0.3, 0.4) is 0 Å².